The van der Waals surface area contributed by atoms with Crippen LogP contribution in [-0.2, 0) is 22.6 Å². The molecule has 49 heavy (non-hydrogen) atoms. The van der Waals surface area contributed by atoms with Crippen molar-refractivity contribution >= 4 is 28.6 Å². The van der Waals surface area contributed by atoms with Gasteiger partial charge in [-0.05, 0) is 67.6 Å². The molecule has 3 heterocycles. The summed E-state index contributed by atoms with van der Waals surface area (Å²) < 4.78 is 7.80. The molecule has 11 nitrogen and oxygen atoms in total. The predicted octanol–water partition coefficient (Wildman–Crippen LogP) is 5.73. The number of aromatic nitrogens is 4. The van der Waals surface area contributed by atoms with Crippen LogP contribution >= 0.6 is 0 Å². The first kappa shape index (κ1) is 33.5. The number of amides is 3. The summed E-state index contributed by atoms with van der Waals surface area (Å²) in [4.78, 5) is 51.1. The number of carbonyl (C=O) groups is 3. The largest absolute Gasteiger partial charge is 0.457 e. The minimum absolute atomic E-state index is 0.154. The highest BCUT2D eigenvalue weighted by Gasteiger charge is 2.29. The molecule has 0 aliphatic carbocycles. The third kappa shape index (κ3) is 8.35. The van der Waals surface area contributed by atoms with Gasteiger partial charge in [0.05, 0.1) is 12.6 Å². The molecule has 0 bridgehead atoms. The molecule has 3 amide bonds. The first-order valence-corrected chi connectivity index (χ1v) is 16.9. The Hall–Kier alpha value is -5.45. The van der Waals surface area contributed by atoms with Crippen LogP contribution < -0.4 is 15.4 Å². The highest BCUT2D eigenvalue weighted by Crippen LogP contribution is 2.25. The number of aromatic amines is 1. The molecule has 3 aromatic carbocycles. The normalized spacial score (nSPS) is 17.7. The number of hydrogen-bond donors (Lipinski definition) is 3. The average Bonchev–Trinajstić information content (AvgIpc) is 3.68. The number of rotatable bonds is 7. The number of carbonyl (C=O) groups excluding carboxylic acids is 3. The van der Waals surface area contributed by atoms with Gasteiger partial charge in [0.15, 0.2) is 0 Å². The maximum atomic E-state index is 14.0. The molecule has 2 aromatic heterocycles. The van der Waals surface area contributed by atoms with E-state index in [1.54, 1.807) is 27.8 Å². The molecule has 0 unspecified atom stereocenters. The zero-order chi connectivity index (χ0) is 34.3. The molecule has 5 aromatic rings. The van der Waals surface area contributed by atoms with Gasteiger partial charge in [-0.3, -0.25) is 14.4 Å². The first-order valence-electron chi connectivity index (χ1n) is 16.9. The summed E-state index contributed by atoms with van der Waals surface area (Å²) in [5, 5.41) is 11.9. The van der Waals surface area contributed by atoms with Crippen molar-refractivity contribution in [1.82, 2.24) is 35.3 Å². The Kier molecular flexibility index (Phi) is 10.4. The molecule has 0 saturated heterocycles. The zero-order valence-corrected chi connectivity index (χ0v) is 28.2. The van der Waals surface area contributed by atoms with Gasteiger partial charge in [-0.25, -0.2) is 9.67 Å². The highest BCUT2D eigenvalue weighted by molar-refractivity contribution is 5.95. The molecular formula is C38H43N7O4. The second kappa shape index (κ2) is 15.2. The van der Waals surface area contributed by atoms with E-state index in [4.69, 9.17) is 9.72 Å². The average molecular weight is 662 g/mol. The minimum atomic E-state index is -0.813. The predicted molar refractivity (Wildman–Crippen MR) is 187 cm³/mol. The fourth-order valence-corrected chi connectivity index (χ4v) is 6.32. The third-order valence-corrected chi connectivity index (χ3v) is 8.65. The molecule has 254 valence electrons. The number of hydrogen-bond acceptors (Lipinski definition) is 6. The molecule has 0 saturated carbocycles. The van der Waals surface area contributed by atoms with Crippen LogP contribution in [0.4, 0.5) is 0 Å². The van der Waals surface area contributed by atoms with Crippen LogP contribution in [-0.4, -0.2) is 61.5 Å². The number of nitrogens with zero attached hydrogens (tertiary/aromatic N) is 4. The van der Waals surface area contributed by atoms with Crippen LogP contribution in [0.2, 0.25) is 0 Å². The Balaban J connectivity index is 1.28. The summed E-state index contributed by atoms with van der Waals surface area (Å²) in [6.07, 6.45) is 3.40. The van der Waals surface area contributed by atoms with Gasteiger partial charge < -0.3 is 25.3 Å². The van der Waals surface area contributed by atoms with Gasteiger partial charge in [-0.2, -0.15) is 5.10 Å². The zero-order valence-electron chi connectivity index (χ0n) is 28.2. The summed E-state index contributed by atoms with van der Waals surface area (Å²) in [7, 11) is 0. The van der Waals surface area contributed by atoms with Crippen molar-refractivity contribution in [2.24, 2.45) is 5.92 Å². The SMILES string of the molecule is Cc1nc2n(n1)CCN(C(=O)c1cccc(Oc3ccccc3)c1)CCCC(=O)N[C@H](Cc1c[nH]c3ccccc13)C(=O)N[C@H]2CC(C)C. The fraction of sp³-hybridized carbons (Fsp3) is 0.342. The molecule has 3 N–H and O–H groups in total. The molecule has 11 heteroatoms. The minimum Gasteiger partial charge on any atom is -0.457 e. The first-order chi connectivity index (χ1) is 23.7. The second-order valence-corrected chi connectivity index (χ2v) is 13.0. The van der Waals surface area contributed by atoms with E-state index in [0.29, 0.717) is 67.6 Å². The van der Waals surface area contributed by atoms with Crippen molar-refractivity contribution in [2.75, 3.05) is 13.1 Å². The number of fused-ring (bicyclic) bond motifs is 2. The standard InChI is InChI=1S/C38H43N7O4/c1-25(2)21-33-36-40-26(3)43-45(36)20-19-44(38(48)27-11-9-14-30(22-27)49-29-12-5-4-6-13-29)18-10-17-35(46)41-34(37(47)42-33)23-28-24-39-32-16-8-7-15-31(28)32/h4-9,11-16,22,24-25,33-34,39H,10,17-21,23H2,1-3H3,(H,41,46)(H,42,47)/t33-,34+/m0/s1. The fourth-order valence-electron chi connectivity index (χ4n) is 6.32. The van der Waals surface area contributed by atoms with Crippen LogP contribution in [0.1, 0.15) is 66.7 Å². The van der Waals surface area contributed by atoms with Gasteiger partial charge in [0.2, 0.25) is 11.8 Å². The summed E-state index contributed by atoms with van der Waals surface area (Å²) in [6, 6.07) is 23.2. The van der Waals surface area contributed by atoms with Gasteiger partial charge in [-0.1, -0.05) is 56.3 Å². The van der Waals surface area contributed by atoms with Crippen molar-refractivity contribution < 1.29 is 19.1 Å². The van der Waals surface area contributed by atoms with E-state index in [9.17, 15) is 14.4 Å². The Morgan fingerprint density at radius 1 is 0.918 bits per heavy atom. The van der Waals surface area contributed by atoms with Crippen LogP contribution in [0.15, 0.2) is 85.1 Å². The Bertz CT molecular complexity index is 1920. The van der Waals surface area contributed by atoms with E-state index < -0.39 is 12.1 Å². The van der Waals surface area contributed by atoms with E-state index in [-0.39, 0.29) is 30.1 Å². The molecular weight excluding hydrogens is 618 g/mol. The number of para-hydroxylation sites is 2. The second-order valence-electron chi connectivity index (χ2n) is 13.0. The smallest absolute Gasteiger partial charge is 0.254 e. The number of aryl methyl sites for hydroxylation is 1. The maximum Gasteiger partial charge on any atom is 0.254 e. The Morgan fingerprint density at radius 3 is 2.51 bits per heavy atom. The lowest BCUT2D eigenvalue weighted by molar-refractivity contribution is -0.129. The topological polar surface area (TPSA) is 134 Å². The van der Waals surface area contributed by atoms with Crippen LogP contribution in [0, 0.1) is 12.8 Å². The molecule has 0 fully saturated rings. The third-order valence-electron chi connectivity index (χ3n) is 8.65. The highest BCUT2D eigenvalue weighted by atomic mass is 16.5. The van der Waals surface area contributed by atoms with E-state index >= 15 is 0 Å². The van der Waals surface area contributed by atoms with Gasteiger partial charge >= 0.3 is 0 Å². The Labute approximate surface area is 286 Å². The van der Waals surface area contributed by atoms with Gasteiger partial charge in [0.25, 0.3) is 5.91 Å². The molecule has 2 atom stereocenters. The van der Waals surface area contributed by atoms with E-state index in [2.05, 4.69) is 34.6 Å². The van der Waals surface area contributed by atoms with Crippen LogP contribution in [0.5, 0.6) is 11.5 Å². The van der Waals surface area contributed by atoms with E-state index in [1.807, 2.05) is 73.8 Å². The van der Waals surface area contributed by atoms with Gasteiger partial charge in [0.1, 0.15) is 29.2 Å². The molecule has 1 aliphatic rings. The van der Waals surface area contributed by atoms with E-state index in [0.717, 1.165) is 16.5 Å². The lowest BCUT2D eigenvalue weighted by atomic mass is 10.0. The number of nitrogens with one attached hydrogen (secondary N) is 3. The Morgan fingerprint density at radius 2 is 1.69 bits per heavy atom. The van der Waals surface area contributed by atoms with Crippen LogP contribution in [0.25, 0.3) is 10.9 Å². The summed E-state index contributed by atoms with van der Waals surface area (Å²) in [5.41, 5.74) is 2.39. The van der Waals surface area contributed by atoms with Crippen molar-refractivity contribution in [3.05, 3.63) is 108 Å². The molecule has 6 rings (SSSR count). The van der Waals surface area contributed by atoms with E-state index in [1.165, 1.54) is 0 Å². The van der Waals surface area contributed by atoms with Gasteiger partial charge in [-0.15, -0.1) is 0 Å². The van der Waals surface area contributed by atoms with Crippen molar-refractivity contribution in [3.8, 4) is 11.5 Å². The molecule has 1 aliphatic heterocycles. The maximum absolute atomic E-state index is 14.0. The molecule has 0 radical (unpaired) electrons. The van der Waals surface area contributed by atoms with Crippen molar-refractivity contribution in [2.45, 2.75) is 65.1 Å². The quantitative estimate of drug-likeness (QED) is 0.204. The summed E-state index contributed by atoms with van der Waals surface area (Å²) in [6.45, 7) is 7.05. The lowest BCUT2D eigenvalue weighted by Gasteiger charge is -2.27. The monoisotopic (exact) mass is 661 g/mol. The van der Waals surface area contributed by atoms with Crippen LogP contribution in [0.3, 0.4) is 0 Å². The lowest BCUT2D eigenvalue weighted by Crippen LogP contribution is -2.49. The van der Waals surface area contributed by atoms with Gasteiger partial charge in [0, 0.05) is 48.6 Å². The number of H-pyrrole nitrogens is 1. The van der Waals surface area contributed by atoms with Crippen molar-refractivity contribution in [3.63, 3.8) is 0 Å². The van der Waals surface area contributed by atoms with Crippen molar-refractivity contribution in [1.29, 1.82) is 0 Å². The molecule has 0 spiro atoms. The number of benzene rings is 3. The summed E-state index contributed by atoms with van der Waals surface area (Å²) in [5.74, 6) is 1.98. The summed E-state index contributed by atoms with van der Waals surface area (Å²) >= 11 is 0. The number of ether oxygens (including phenoxy) is 1.